The zero-order valence-electron chi connectivity index (χ0n) is 13.6. The smallest absolute Gasteiger partial charge is 0.243 e. The molecule has 0 amide bonds. The van der Waals surface area contributed by atoms with Crippen LogP contribution in [0.2, 0.25) is 0 Å². The summed E-state index contributed by atoms with van der Waals surface area (Å²) in [6.45, 7) is 1.36. The predicted molar refractivity (Wildman–Crippen MR) is 89.0 cm³/mol. The minimum absolute atomic E-state index is 0.0484. The average molecular weight is 365 g/mol. The third kappa shape index (κ3) is 3.94. The predicted octanol–water partition coefficient (Wildman–Crippen LogP) is 2.31. The first-order valence-electron chi connectivity index (χ1n) is 8.03. The number of morpholine rings is 1. The van der Waals surface area contributed by atoms with E-state index in [9.17, 15) is 18.3 Å². The molecule has 0 saturated carbocycles. The molecule has 1 heterocycles. The topological polar surface area (TPSA) is 109 Å². The molecule has 8 nitrogen and oxygen atoms in total. The molecule has 1 fully saturated rings. The zero-order valence-corrected chi connectivity index (χ0v) is 14.4. The highest BCUT2D eigenvalue weighted by atomic mass is 32.2. The number of hydrogen-bond acceptors (Lipinski definition) is 7. The van der Waals surface area contributed by atoms with Crippen molar-refractivity contribution in [1.29, 1.82) is 0 Å². The maximum absolute atomic E-state index is 12.6. The number of Topliss-reactive ketones (excluding diaryl/α,β-unsaturated/α-hetero) is 1. The fourth-order valence-corrected chi connectivity index (χ4v) is 4.13. The number of sulfonamides is 1. The van der Waals surface area contributed by atoms with Gasteiger partial charge in [-0.2, -0.15) is 9.42 Å². The Labute approximate surface area is 145 Å². The van der Waals surface area contributed by atoms with Crippen molar-refractivity contribution in [2.45, 2.75) is 24.2 Å². The molecule has 0 unspecified atom stereocenters. The second-order valence-corrected chi connectivity index (χ2v) is 7.72. The molecular formula is C16H19N3O5S. The van der Waals surface area contributed by atoms with E-state index in [1.54, 1.807) is 12.1 Å². The number of aliphatic hydroxyl groups is 1. The first-order valence-corrected chi connectivity index (χ1v) is 9.47. The van der Waals surface area contributed by atoms with Crippen LogP contribution in [-0.4, -0.2) is 49.9 Å². The van der Waals surface area contributed by atoms with E-state index >= 15 is 0 Å². The Bertz CT molecular complexity index is 826. The molecule has 0 bridgehead atoms. The fraction of sp³-hybridized carbons (Fsp3) is 0.438. The van der Waals surface area contributed by atoms with E-state index in [0.29, 0.717) is 51.3 Å². The number of carbonyl (C=O) groups is 1. The lowest BCUT2D eigenvalue weighted by atomic mass is 10.0. The Hall–Kier alpha value is -2.10. The Morgan fingerprint density at radius 2 is 1.88 bits per heavy atom. The lowest BCUT2D eigenvalue weighted by Crippen LogP contribution is -2.40. The van der Waals surface area contributed by atoms with Crippen LogP contribution in [-0.2, 0) is 19.6 Å². The molecule has 2 aliphatic rings. The molecule has 134 valence electrons. The summed E-state index contributed by atoms with van der Waals surface area (Å²) >= 11 is 0. The summed E-state index contributed by atoms with van der Waals surface area (Å²) in [5, 5.41) is 17.5. The molecule has 0 spiro atoms. The molecule has 1 aromatic carbocycles. The molecule has 1 aromatic rings. The van der Waals surface area contributed by atoms with Crippen molar-refractivity contribution in [1.82, 2.24) is 4.31 Å². The number of ketones is 1. The van der Waals surface area contributed by atoms with Gasteiger partial charge in [-0.25, -0.2) is 8.42 Å². The van der Waals surface area contributed by atoms with Gasteiger partial charge in [0.25, 0.3) is 0 Å². The summed E-state index contributed by atoms with van der Waals surface area (Å²) in [7, 11) is -3.63. The lowest BCUT2D eigenvalue weighted by Gasteiger charge is -2.26. The summed E-state index contributed by atoms with van der Waals surface area (Å²) in [6, 6.07) is 6.05. The van der Waals surface area contributed by atoms with Crippen LogP contribution in [0.1, 0.15) is 19.3 Å². The van der Waals surface area contributed by atoms with Crippen molar-refractivity contribution in [2.75, 3.05) is 26.3 Å². The normalized spacial score (nSPS) is 20.4. The summed E-state index contributed by atoms with van der Waals surface area (Å²) in [4.78, 5) is 11.9. The highest BCUT2D eigenvalue weighted by Crippen LogP contribution is 2.25. The second-order valence-electron chi connectivity index (χ2n) is 5.79. The molecule has 3 rings (SSSR count). The molecule has 9 heteroatoms. The van der Waals surface area contributed by atoms with Gasteiger partial charge in [-0.15, -0.1) is 5.11 Å². The molecule has 1 aliphatic carbocycles. The van der Waals surface area contributed by atoms with Crippen LogP contribution in [0, 0.1) is 0 Å². The van der Waals surface area contributed by atoms with Gasteiger partial charge in [0.15, 0.2) is 11.5 Å². The number of allylic oxidation sites excluding steroid dienone is 2. The van der Waals surface area contributed by atoms with Gasteiger partial charge in [0.05, 0.1) is 23.8 Å². The number of azo groups is 1. The molecular weight excluding hydrogens is 346 g/mol. The standard InChI is InChI=1S/C16H19N3O5S/c20-14-5-2-6-15(21)16(14)18-17-12-3-1-4-13(11-12)25(22,23)19-7-9-24-10-8-19/h1,3-4,11,20H,2,5-10H2. The van der Waals surface area contributed by atoms with E-state index in [0.717, 1.165) is 0 Å². The number of rotatable bonds is 4. The van der Waals surface area contributed by atoms with Gasteiger partial charge in [-0.3, -0.25) is 4.79 Å². The Balaban J connectivity index is 1.84. The fourth-order valence-electron chi connectivity index (χ4n) is 2.68. The molecule has 0 atom stereocenters. The SMILES string of the molecule is O=C1CCCC(O)=C1N=Nc1cccc(S(=O)(=O)N2CCOCC2)c1. The van der Waals surface area contributed by atoms with Gasteiger partial charge in [-0.05, 0) is 24.6 Å². The van der Waals surface area contributed by atoms with Gasteiger partial charge in [0, 0.05) is 25.9 Å². The molecule has 25 heavy (non-hydrogen) atoms. The maximum atomic E-state index is 12.6. The maximum Gasteiger partial charge on any atom is 0.243 e. The highest BCUT2D eigenvalue weighted by molar-refractivity contribution is 7.89. The molecule has 0 radical (unpaired) electrons. The molecule has 1 N–H and O–H groups in total. The number of nitrogens with zero attached hydrogens (tertiary/aromatic N) is 3. The van der Waals surface area contributed by atoms with Crippen molar-refractivity contribution < 1.29 is 23.1 Å². The van der Waals surface area contributed by atoms with Crippen LogP contribution in [0.5, 0.6) is 0 Å². The van der Waals surface area contributed by atoms with Crippen molar-refractivity contribution in [3.8, 4) is 0 Å². The van der Waals surface area contributed by atoms with E-state index in [1.165, 1.54) is 16.4 Å². The summed E-state index contributed by atoms with van der Waals surface area (Å²) in [5.41, 5.74) is 0.251. The highest BCUT2D eigenvalue weighted by Gasteiger charge is 2.26. The first-order chi connectivity index (χ1) is 12.0. The first kappa shape index (κ1) is 17.7. The summed E-state index contributed by atoms with van der Waals surface area (Å²) in [5.74, 6) is -0.332. The van der Waals surface area contributed by atoms with E-state index < -0.39 is 10.0 Å². The lowest BCUT2D eigenvalue weighted by molar-refractivity contribution is -0.116. The third-order valence-corrected chi connectivity index (χ3v) is 5.94. The zero-order chi connectivity index (χ0) is 17.9. The van der Waals surface area contributed by atoms with Crippen LogP contribution in [0.4, 0.5) is 5.69 Å². The number of ether oxygens (including phenoxy) is 1. The van der Waals surface area contributed by atoms with Gasteiger partial charge in [0.1, 0.15) is 5.76 Å². The van der Waals surface area contributed by atoms with E-state index in [1.807, 2.05) is 0 Å². The molecule has 1 aliphatic heterocycles. The van der Waals surface area contributed by atoms with Crippen molar-refractivity contribution in [3.63, 3.8) is 0 Å². The van der Waals surface area contributed by atoms with Crippen LogP contribution in [0.25, 0.3) is 0 Å². The van der Waals surface area contributed by atoms with Gasteiger partial charge < -0.3 is 9.84 Å². The Kier molecular flexibility index (Phi) is 5.26. The number of benzene rings is 1. The van der Waals surface area contributed by atoms with Crippen LogP contribution >= 0.6 is 0 Å². The monoisotopic (exact) mass is 365 g/mol. The Morgan fingerprint density at radius 3 is 2.60 bits per heavy atom. The molecule has 1 saturated heterocycles. The number of carbonyl (C=O) groups excluding carboxylic acids is 1. The molecule has 0 aromatic heterocycles. The van der Waals surface area contributed by atoms with Crippen molar-refractivity contribution in [3.05, 3.63) is 35.7 Å². The summed E-state index contributed by atoms with van der Waals surface area (Å²) < 4.78 is 31.8. The summed E-state index contributed by atoms with van der Waals surface area (Å²) in [6.07, 6.45) is 1.31. The third-order valence-electron chi connectivity index (χ3n) is 4.05. The minimum atomic E-state index is -3.63. The van der Waals surface area contributed by atoms with Crippen LogP contribution in [0.15, 0.2) is 50.8 Å². The van der Waals surface area contributed by atoms with E-state index in [4.69, 9.17) is 4.74 Å². The Morgan fingerprint density at radius 1 is 1.12 bits per heavy atom. The van der Waals surface area contributed by atoms with Gasteiger partial charge in [-0.1, -0.05) is 6.07 Å². The van der Waals surface area contributed by atoms with E-state index in [-0.39, 0.29) is 22.1 Å². The van der Waals surface area contributed by atoms with E-state index in [2.05, 4.69) is 10.2 Å². The van der Waals surface area contributed by atoms with Gasteiger partial charge >= 0.3 is 0 Å². The van der Waals surface area contributed by atoms with Crippen LogP contribution in [0.3, 0.4) is 0 Å². The second kappa shape index (κ2) is 7.42. The van der Waals surface area contributed by atoms with Crippen molar-refractivity contribution >= 4 is 21.5 Å². The average Bonchev–Trinajstić information content (AvgIpc) is 2.62. The quantitative estimate of drug-likeness (QED) is 0.824. The largest absolute Gasteiger partial charge is 0.510 e. The number of hydrogen-bond donors (Lipinski definition) is 1. The number of aliphatic hydroxyl groups excluding tert-OH is 1. The van der Waals surface area contributed by atoms with Crippen LogP contribution < -0.4 is 0 Å². The minimum Gasteiger partial charge on any atom is -0.510 e. The van der Waals surface area contributed by atoms with Gasteiger partial charge in [0.2, 0.25) is 10.0 Å². The van der Waals surface area contributed by atoms with Crippen molar-refractivity contribution in [2.24, 2.45) is 10.2 Å².